The Labute approximate surface area is 180 Å². The highest BCUT2D eigenvalue weighted by Gasteiger charge is 2.37. The largest absolute Gasteiger partial charge is 0.496 e. The standard InChI is InChI=1S/C23H28N2O6/c1-6-31-22(28)16-11-25-17(10-18(16)26)14-9-19(30-5)15(21(24)27)7-13(14)8-20(25)23(2,3)12-29-4/h7,9-11,20H,6,8,12H2,1-5H3,(H2,24,27). The van der Waals surface area contributed by atoms with Crippen molar-refractivity contribution in [3.63, 3.8) is 0 Å². The molecule has 1 aliphatic heterocycles. The van der Waals surface area contributed by atoms with Gasteiger partial charge in [0.15, 0.2) is 5.43 Å². The van der Waals surface area contributed by atoms with Gasteiger partial charge >= 0.3 is 5.97 Å². The molecule has 8 nitrogen and oxygen atoms in total. The number of pyridine rings is 1. The summed E-state index contributed by atoms with van der Waals surface area (Å²) >= 11 is 0. The molecule has 1 atom stereocenters. The zero-order chi connectivity index (χ0) is 22.9. The van der Waals surface area contributed by atoms with E-state index in [1.807, 2.05) is 4.57 Å². The minimum atomic E-state index is -0.654. The second kappa shape index (κ2) is 8.55. The smallest absolute Gasteiger partial charge is 0.343 e. The van der Waals surface area contributed by atoms with Crippen LogP contribution in [-0.4, -0.2) is 43.9 Å². The molecule has 1 unspecified atom stereocenters. The van der Waals surface area contributed by atoms with Gasteiger partial charge in [0.25, 0.3) is 5.91 Å². The van der Waals surface area contributed by atoms with Crippen molar-refractivity contribution in [2.45, 2.75) is 33.2 Å². The molecule has 3 rings (SSSR count). The molecule has 0 bridgehead atoms. The number of fused-ring (bicyclic) bond motifs is 3. The summed E-state index contributed by atoms with van der Waals surface area (Å²) in [4.78, 5) is 37.1. The van der Waals surface area contributed by atoms with Gasteiger partial charge in [0.2, 0.25) is 0 Å². The molecule has 1 aromatic carbocycles. The number of aromatic nitrogens is 1. The summed E-state index contributed by atoms with van der Waals surface area (Å²) in [6.45, 7) is 6.42. The second-order valence-corrected chi connectivity index (χ2v) is 8.28. The molecule has 8 heteroatoms. The molecule has 166 valence electrons. The zero-order valence-electron chi connectivity index (χ0n) is 18.5. The summed E-state index contributed by atoms with van der Waals surface area (Å²) in [5.41, 5.74) is 7.27. The Morgan fingerprint density at radius 2 is 1.90 bits per heavy atom. The van der Waals surface area contributed by atoms with Crippen molar-refractivity contribution in [2.75, 3.05) is 27.4 Å². The molecule has 1 aliphatic rings. The van der Waals surface area contributed by atoms with Gasteiger partial charge in [-0.2, -0.15) is 0 Å². The number of hydrogen-bond donors (Lipinski definition) is 1. The Morgan fingerprint density at radius 1 is 1.19 bits per heavy atom. The summed E-state index contributed by atoms with van der Waals surface area (Å²) in [7, 11) is 3.09. The fraction of sp³-hybridized carbons (Fsp3) is 0.435. The molecule has 31 heavy (non-hydrogen) atoms. The molecule has 0 spiro atoms. The van der Waals surface area contributed by atoms with Gasteiger partial charge in [0, 0.05) is 36.4 Å². The number of benzene rings is 1. The number of nitrogens with zero attached hydrogens (tertiary/aromatic N) is 1. The number of primary amides is 1. The van der Waals surface area contributed by atoms with E-state index in [0.717, 1.165) is 11.1 Å². The molecule has 0 saturated heterocycles. The number of rotatable bonds is 7. The summed E-state index contributed by atoms with van der Waals surface area (Å²) in [6, 6.07) is 4.71. The minimum absolute atomic E-state index is 0.0204. The molecule has 1 aromatic heterocycles. The van der Waals surface area contributed by atoms with Crippen LogP contribution >= 0.6 is 0 Å². The minimum Gasteiger partial charge on any atom is -0.496 e. The van der Waals surface area contributed by atoms with E-state index in [1.54, 1.807) is 32.4 Å². The third-order valence-electron chi connectivity index (χ3n) is 5.71. The van der Waals surface area contributed by atoms with Crippen LogP contribution in [0.15, 0.2) is 29.2 Å². The van der Waals surface area contributed by atoms with E-state index < -0.39 is 17.3 Å². The Balaban J connectivity index is 2.30. The number of nitrogens with two attached hydrogens (primary N) is 1. The van der Waals surface area contributed by atoms with Crippen LogP contribution in [0.5, 0.6) is 5.75 Å². The average Bonchev–Trinajstić information content (AvgIpc) is 2.71. The monoisotopic (exact) mass is 428 g/mol. The van der Waals surface area contributed by atoms with E-state index >= 15 is 0 Å². The van der Waals surface area contributed by atoms with Gasteiger partial charge in [0.05, 0.1) is 31.6 Å². The van der Waals surface area contributed by atoms with Crippen molar-refractivity contribution in [2.24, 2.45) is 11.1 Å². The van der Waals surface area contributed by atoms with Crippen LogP contribution in [0.4, 0.5) is 0 Å². The maximum Gasteiger partial charge on any atom is 0.343 e. The van der Waals surface area contributed by atoms with Crippen molar-refractivity contribution in [1.29, 1.82) is 0 Å². The van der Waals surface area contributed by atoms with E-state index in [2.05, 4.69) is 13.8 Å². The second-order valence-electron chi connectivity index (χ2n) is 8.28. The van der Waals surface area contributed by atoms with Crippen molar-refractivity contribution in [3.05, 3.63) is 51.3 Å². The normalized spacial score (nSPS) is 15.1. The van der Waals surface area contributed by atoms with Gasteiger partial charge in [-0.3, -0.25) is 9.59 Å². The summed E-state index contributed by atoms with van der Waals surface area (Å²) in [6.07, 6.45) is 2.11. The van der Waals surface area contributed by atoms with Gasteiger partial charge in [0.1, 0.15) is 11.3 Å². The first-order valence-electron chi connectivity index (χ1n) is 10.1. The number of carbonyl (C=O) groups excluding carboxylic acids is 2. The number of carbonyl (C=O) groups is 2. The summed E-state index contributed by atoms with van der Waals surface area (Å²) in [5, 5.41) is 0. The predicted molar refractivity (Wildman–Crippen MR) is 116 cm³/mol. The third-order valence-corrected chi connectivity index (χ3v) is 5.71. The zero-order valence-corrected chi connectivity index (χ0v) is 18.5. The molecule has 2 aromatic rings. The van der Waals surface area contributed by atoms with Crippen LogP contribution in [0, 0.1) is 5.41 Å². The van der Waals surface area contributed by atoms with E-state index in [0.29, 0.717) is 24.5 Å². The first-order valence-corrected chi connectivity index (χ1v) is 10.1. The number of ether oxygens (including phenoxy) is 3. The lowest BCUT2D eigenvalue weighted by molar-refractivity contribution is 0.0516. The lowest BCUT2D eigenvalue weighted by Gasteiger charge is -2.40. The van der Waals surface area contributed by atoms with E-state index in [1.165, 1.54) is 13.2 Å². The van der Waals surface area contributed by atoms with Crippen LogP contribution in [0.3, 0.4) is 0 Å². The van der Waals surface area contributed by atoms with Gasteiger partial charge in [-0.25, -0.2) is 4.79 Å². The Morgan fingerprint density at radius 3 is 2.48 bits per heavy atom. The summed E-state index contributed by atoms with van der Waals surface area (Å²) < 4.78 is 17.8. The molecule has 1 amide bonds. The quantitative estimate of drug-likeness (QED) is 0.679. The highest BCUT2D eigenvalue weighted by molar-refractivity contribution is 5.97. The number of esters is 1. The lowest BCUT2D eigenvalue weighted by Crippen LogP contribution is -2.37. The average molecular weight is 428 g/mol. The Hall–Kier alpha value is -3.13. The number of amides is 1. The van der Waals surface area contributed by atoms with Crippen LogP contribution in [0.1, 0.15) is 53.1 Å². The maximum atomic E-state index is 12.8. The third kappa shape index (κ3) is 4.07. The molecule has 0 fully saturated rings. The highest BCUT2D eigenvalue weighted by Crippen LogP contribution is 2.44. The fourth-order valence-corrected chi connectivity index (χ4v) is 4.21. The topological polar surface area (TPSA) is 110 Å². The van der Waals surface area contributed by atoms with Crippen LogP contribution in [0.25, 0.3) is 11.3 Å². The number of hydrogen-bond acceptors (Lipinski definition) is 6. The van der Waals surface area contributed by atoms with Crippen LogP contribution < -0.4 is 15.9 Å². The molecule has 0 saturated carbocycles. The van der Waals surface area contributed by atoms with Crippen molar-refractivity contribution in [3.8, 4) is 17.0 Å². The highest BCUT2D eigenvalue weighted by atomic mass is 16.5. The molecular weight excluding hydrogens is 400 g/mol. The van der Waals surface area contributed by atoms with Gasteiger partial charge in [-0.1, -0.05) is 13.8 Å². The molecular formula is C23H28N2O6. The first-order chi connectivity index (χ1) is 14.6. The molecule has 0 radical (unpaired) electrons. The predicted octanol–water partition coefficient (Wildman–Crippen LogP) is 2.57. The van der Waals surface area contributed by atoms with E-state index in [4.69, 9.17) is 19.9 Å². The molecule has 2 N–H and O–H groups in total. The summed E-state index contributed by atoms with van der Waals surface area (Å²) in [5.74, 6) is -0.916. The van der Waals surface area contributed by atoms with Crippen LogP contribution in [0.2, 0.25) is 0 Å². The SMILES string of the molecule is CCOC(=O)c1cn2c(cc1=O)-c1cc(OC)c(C(N)=O)cc1CC2C(C)(C)COC. The van der Waals surface area contributed by atoms with E-state index in [9.17, 15) is 14.4 Å². The first kappa shape index (κ1) is 22.6. The molecule has 0 aliphatic carbocycles. The Kier molecular flexibility index (Phi) is 6.22. The van der Waals surface area contributed by atoms with Gasteiger partial charge in [-0.05, 0) is 31.0 Å². The van der Waals surface area contributed by atoms with Gasteiger partial charge < -0.3 is 24.5 Å². The fourth-order valence-electron chi connectivity index (χ4n) is 4.21. The van der Waals surface area contributed by atoms with Crippen molar-refractivity contribution in [1.82, 2.24) is 4.57 Å². The van der Waals surface area contributed by atoms with Crippen molar-refractivity contribution < 1.29 is 23.8 Å². The lowest BCUT2D eigenvalue weighted by atomic mass is 9.77. The molecule has 2 heterocycles. The van der Waals surface area contributed by atoms with Crippen LogP contribution in [-0.2, 0) is 15.9 Å². The van der Waals surface area contributed by atoms with E-state index in [-0.39, 0.29) is 29.2 Å². The van der Waals surface area contributed by atoms with Gasteiger partial charge in [-0.15, -0.1) is 0 Å². The Bertz CT molecular complexity index is 1090. The maximum absolute atomic E-state index is 12.8. The number of methoxy groups -OCH3 is 2. The van der Waals surface area contributed by atoms with Crippen molar-refractivity contribution >= 4 is 11.9 Å².